The molecule has 1 fully saturated rings. The Morgan fingerprint density at radius 1 is 1.24 bits per heavy atom. The van der Waals surface area contributed by atoms with Crippen LogP contribution in [0.3, 0.4) is 0 Å². The van der Waals surface area contributed by atoms with Crippen LogP contribution >= 0.6 is 23.2 Å². The molecule has 1 aromatic carbocycles. The molecule has 1 aromatic heterocycles. The van der Waals surface area contributed by atoms with Gasteiger partial charge in [0.2, 0.25) is 0 Å². The van der Waals surface area contributed by atoms with Crippen LogP contribution in [0.1, 0.15) is 18.6 Å². The minimum Gasteiger partial charge on any atom is -0.441 e. The van der Waals surface area contributed by atoms with E-state index in [4.69, 9.17) is 27.6 Å². The monoisotopic (exact) mass is 375 g/mol. The Hall–Kier alpha value is -2.42. The molecule has 2 aromatic rings. The molecule has 0 aliphatic carbocycles. The summed E-state index contributed by atoms with van der Waals surface area (Å²) >= 11 is 12.0. The standard InChI is InChI=1S/C18H15Cl2N3O2/c19-14-4-3-5-15(17(14)20)22-18(24)12(11-21)10-13-6-7-16(25-13)23-8-1-2-9-23/h3-7,10H,1-2,8-9H2,(H,22,24)/b12-10-. The van der Waals surface area contributed by atoms with Gasteiger partial charge in [0.1, 0.15) is 17.4 Å². The summed E-state index contributed by atoms with van der Waals surface area (Å²) in [5.74, 6) is 0.621. The van der Waals surface area contributed by atoms with Crippen molar-refractivity contribution in [3.8, 4) is 6.07 Å². The Kier molecular flexibility index (Phi) is 5.32. The third-order valence-corrected chi connectivity index (χ3v) is 4.70. The van der Waals surface area contributed by atoms with E-state index in [1.807, 2.05) is 12.1 Å². The van der Waals surface area contributed by atoms with Crippen LogP contribution in [0.2, 0.25) is 10.0 Å². The fourth-order valence-electron chi connectivity index (χ4n) is 2.61. The zero-order valence-electron chi connectivity index (χ0n) is 13.3. The summed E-state index contributed by atoms with van der Waals surface area (Å²) in [4.78, 5) is 14.5. The van der Waals surface area contributed by atoms with E-state index >= 15 is 0 Å². The lowest BCUT2D eigenvalue weighted by Crippen LogP contribution is -2.16. The predicted octanol–water partition coefficient (Wildman–Crippen LogP) is 4.73. The first-order chi connectivity index (χ1) is 12.1. The first-order valence-electron chi connectivity index (χ1n) is 7.80. The average Bonchev–Trinajstić information content (AvgIpc) is 3.27. The molecule has 2 heterocycles. The second kappa shape index (κ2) is 7.64. The maximum Gasteiger partial charge on any atom is 0.266 e. The molecule has 7 heteroatoms. The molecule has 0 radical (unpaired) electrons. The first kappa shape index (κ1) is 17.4. The number of carbonyl (C=O) groups excluding carboxylic acids is 1. The van der Waals surface area contributed by atoms with Crippen molar-refractivity contribution >= 4 is 46.8 Å². The van der Waals surface area contributed by atoms with Crippen LogP contribution in [0.4, 0.5) is 11.6 Å². The van der Waals surface area contributed by atoms with Crippen LogP contribution in [0.15, 0.2) is 40.3 Å². The maximum atomic E-state index is 12.3. The molecule has 0 spiro atoms. The molecule has 0 saturated carbocycles. The van der Waals surface area contributed by atoms with Crippen LogP contribution in [0, 0.1) is 11.3 Å². The van der Waals surface area contributed by atoms with E-state index in [2.05, 4.69) is 10.2 Å². The van der Waals surface area contributed by atoms with Crippen molar-refractivity contribution < 1.29 is 9.21 Å². The molecule has 5 nitrogen and oxygen atoms in total. The number of anilines is 2. The van der Waals surface area contributed by atoms with E-state index in [1.54, 1.807) is 24.3 Å². The number of furan rings is 1. The first-order valence-corrected chi connectivity index (χ1v) is 8.56. The normalized spacial score (nSPS) is 14.4. The summed E-state index contributed by atoms with van der Waals surface area (Å²) in [7, 11) is 0. The zero-order chi connectivity index (χ0) is 17.8. The summed E-state index contributed by atoms with van der Waals surface area (Å²) in [6, 6.07) is 10.4. The topological polar surface area (TPSA) is 69.3 Å². The molecule has 3 rings (SSSR count). The minimum atomic E-state index is -0.578. The quantitative estimate of drug-likeness (QED) is 0.619. The average molecular weight is 376 g/mol. The summed E-state index contributed by atoms with van der Waals surface area (Å²) in [5.41, 5.74) is 0.260. The van der Waals surface area contributed by atoms with E-state index in [9.17, 15) is 10.1 Å². The molecule has 25 heavy (non-hydrogen) atoms. The Balaban J connectivity index is 1.77. The van der Waals surface area contributed by atoms with Crippen LogP contribution in [-0.2, 0) is 4.79 Å². The highest BCUT2D eigenvalue weighted by atomic mass is 35.5. The van der Waals surface area contributed by atoms with Gasteiger partial charge in [0.05, 0.1) is 15.7 Å². The van der Waals surface area contributed by atoms with Gasteiger partial charge in [-0.15, -0.1) is 0 Å². The van der Waals surface area contributed by atoms with Crippen molar-refractivity contribution in [3.63, 3.8) is 0 Å². The number of hydrogen-bond acceptors (Lipinski definition) is 4. The van der Waals surface area contributed by atoms with Gasteiger partial charge >= 0.3 is 0 Å². The van der Waals surface area contributed by atoms with E-state index in [1.165, 1.54) is 6.08 Å². The summed E-state index contributed by atoms with van der Waals surface area (Å²) < 4.78 is 5.71. The Morgan fingerprint density at radius 2 is 2.00 bits per heavy atom. The van der Waals surface area contributed by atoms with E-state index in [0.29, 0.717) is 16.5 Å². The molecule has 1 saturated heterocycles. The molecule has 0 bridgehead atoms. The Bertz CT molecular complexity index is 861. The minimum absolute atomic E-state index is 0.0848. The summed E-state index contributed by atoms with van der Waals surface area (Å²) in [6.45, 7) is 1.91. The van der Waals surface area contributed by atoms with E-state index in [-0.39, 0.29) is 10.6 Å². The predicted molar refractivity (Wildman–Crippen MR) is 98.8 cm³/mol. The fraction of sp³-hybridized carbons (Fsp3) is 0.222. The number of carbonyl (C=O) groups is 1. The summed E-state index contributed by atoms with van der Waals surface area (Å²) in [6.07, 6.45) is 3.68. The molecule has 0 atom stereocenters. The van der Waals surface area contributed by atoms with Crippen molar-refractivity contribution in [1.82, 2.24) is 0 Å². The molecule has 1 amide bonds. The van der Waals surface area contributed by atoms with Gasteiger partial charge in [-0.2, -0.15) is 5.26 Å². The molecule has 0 unspecified atom stereocenters. The maximum absolute atomic E-state index is 12.3. The van der Waals surface area contributed by atoms with Crippen LogP contribution < -0.4 is 10.2 Å². The van der Waals surface area contributed by atoms with E-state index in [0.717, 1.165) is 31.8 Å². The van der Waals surface area contributed by atoms with E-state index < -0.39 is 5.91 Å². The van der Waals surface area contributed by atoms with Crippen molar-refractivity contribution in [3.05, 3.63) is 51.7 Å². The van der Waals surface area contributed by atoms with Crippen LogP contribution in [0.5, 0.6) is 0 Å². The molecule has 128 valence electrons. The Labute approximate surface area is 155 Å². The van der Waals surface area contributed by atoms with Gasteiger partial charge in [-0.3, -0.25) is 4.79 Å². The van der Waals surface area contributed by atoms with Gasteiger partial charge in [-0.1, -0.05) is 29.3 Å². The highest BCUT2D eigenvalue weighted by Crippen LogP contribution is 2.30. The van der Waals surface area contributed by atoms with Gasteiger partial charge in [-0.25, -0.2) is 0 Å². The summed E-state index contributed by atoms with van der Waals surface area (Å²) in [5, 5.41) is 12.4. The number of amides is 1. The van der Waals surface area contributed by atoms with Gasteiger partial charge in [0, 0.05) is 25.2 Å². The van der Waals surface area contributed by atoms with Gasteiger partial charge in [0.25, 0.3) is 5.91 Å². The number of hydrogen-bond donors (Lipinski definition) is 1. The third-order valence-electron chi connectivity index (χ3n) is 3.88. The van der Waals surface area contributed by atoms with Gasteiger partial charge < -0.3 is 14.6 Å². The lowest BCUT2D eigenvalue weighted by Gasteiger charge is -2.12. The molecule has 1 aliphatic rings. The number of rotatable bonds is 4. The lowest BCUT2D eigenvalue weighted by molar-refractivity contribution is -0.112. The molecule has 1 aliphatic heterocycles. The second-order valence-corrected chi connectivity index (χ2v) is 6.38. The zero-order valence-corrected chi connectivity index (χ0v) is 14.8. The number of benzene rings is 1. The number of nitrogens with one attached hydrogen (secondary N) is 1. The smallest absolute Gasteiger partial charge is 0.266 e. The van der Waals surface area contributed by atoms with Crippen molar-refractivity contribution in [2.75, 3.05) is 23.3 Å². The fourth-order valence-corrected chi connectivity index (χ4v) is 2.96. The molecule has 1 N–H and O–H groups in total. The third kappa shape index (κ3) is 3.98. The molecular weight excluding hydrogens is 361 g/mol. The number of nitriles is 1. The largest absolute Gasteiger partial charge is 0.441 e. The van der Waals surface area contributed by atoms with Gasteiger partial charge in [0.15, 0.2) is 5.88 Å². The van der Waals surface area contributed by atoms with Crippen molar-refractivity contribution in [2.24, 2.45) is 0 Å². The number of halogens is 2. The molecular formula is C18H15Cl2N3O2. The Morgan fingerprint density at radius 3 is 2.72 bits per heavy atom. The van der Waals surface area contributed by atoms with Crippen LogP contribution in [0.25, 0.3) is 6.08 Å². The highest BCUT2D eigenvalue weighted by molar-refractivity contribution is 6.44. The highest BCUT2D eigenvalue weighted by Gasteiger charge is 2.17. The number of nitrogens with zero attached hydrogens (tertiary/aromatic N) is 2. The SMILES string of the molecule is N#C/C(=C/c1ccc(N2CCCC2)o1)C(=O)Nc1cccc(Cl)c1Cl. The lowest BCUT2D eigenvalue weighted by atomic mass is 10.2. The van der Waals surface area contributed by atoms with Crippen molar-refractivity contribution in [2.45, 2.75) is 12.8 Å². The van der Waals surface area contributed by atoms with Crippen molar-refractivity contribution in [1.29, 1.82) is 5.26 Å². The van der Waals surface area contributed by atoms with Gasteiger partial charge in [-0.05, 0) is 31.0 Å². The second-order valence-electron chi connectivity index (χ2n) is 5.60. The van der Waals surface area contributed by atoms with Crippen LogP contribution in [-0.4, -0.2) is 19.0 Å².